The normalized spacial score (nSPS) is 23.8. The molecule has 1 N–H and O–H groups in total. The first-order valence-electron chi connectivity index (χ1n) is 6.42. The van der Waals surface area contributed by atoms with Crippen molar-refractivity contribution in [3.05, 3.63) is 30.1 Å². The van der Waals surface area contributed by atoms with Crippen LogP contribution in [-0.4, -0.2) is 33.4 Å². The van der Waals surface area contributed by atoms with E-state index in [4.69, 9.17) is 0 Å². The predicted molar refractivity (Wildman–Crippen MR) is 70.4 cm³/mol. The van der Waals surface area contributed by atoms with Gasteiger partial charge in [-0.1, -0.05) is 19.1 Å². The average Bonchev–Trinajstić information content (AvgIpc) is 2.94. The molecule has 4 heteroatoms. The van der Waals surface area contributed by atoms with Gasteiger partial charge in [0, 0.05) is 12.6 Å². The van der Waals surface area contributed by atoms with Crippen LogP contribution in [0.25, 0.3) is 11.0 Å². The molecule has 2 heterocycles. The number of carbonyl (C=O) groups excluding carboxylic acids is 1. The maximum Gasteiger partial charge on any atom is 0.289 e. The highest BCUT2D eigenvalue weighted by Gasteiger charge is 2.32. The van der Waals surface area contributed by atoms with Gasteiger partial charge in [-0.3, -0.25) is 4.79 Å². The number of hydrogen-bond acceptors (Lipinski definition) is 2. The molecule has 1 aromatic carbocycles. The van der Waals surface area contributed by atoms with Crippen LogP contribution in [0, 0.1) is 5.92 Å². The lowest BCUT2D eigenvalue weighted by Crippen LogP contribution is -2.36. The van der Waals surface area contributed by atoms with Crippen molar-refractivity contribution in [2.75, 3.05) is 6.54 Å². The topological polar surface area (TPSA) is 49.0 Å². The second kappa shape index (κ2) is 4.12. The van der Waals surface area contributed by atoms with Gasteiger partial charge in [-0.25, -0.2) is 4.98 Å². The quantitative estimate of drug-likeness (QED) is 0.836. The predicted octanol–water partition coefficient (Wildman–Crippen LogP) is 2.43. The molecule has 1 aromatic heterocycles. The van der Waals surface area contributed by atoms with E-state index in [-0.39, 0.29) is 5.91 Å². The third-order valence-corrected chi connectivity index (χ3v) is 3.99. The largest absolute Gasteiger partial charge is 0.334 e. The third kappa shape index (κ3) is 1.68. The van der Waals surface area contributed by atoms with E-state index in [1.807, 2.05) is 29.2 Å². The monoisotopic (exact) mass is 243 g/mol. The summed E-state index contributed by atoms with van der Waals surface area (Å²) in [6.45, 7) is 5.13. The lowest BCUT2D eigenvalue weighted by atomic mass is 10.1. The first-order valence-corrected chi connectivity index (χ1v) is 6.42. The molecule has 0 radical (unpaired) electrons. The minimum absolute atomic E-state index is 0.0167. The fourth-order valence-electron chi connectivity index (χ4n) is 2.57. The smallest absolute Gasteiger partial charge is 0.289 e. The number of rotatable bonds is 1. The Hall–Kier alpha value is -1.84. The van der Waals surface area contributed by atoms with Gasteiger partial charge in [0.2, 0.25) is 0 Å². The van der Waals surface area contributed by atoms with Crippen LogP contribution in [-0.2, 0) is 0 Å². The number of aromatic nitrogens is 2. The van der Waals surface area contributed by atoms with Crippen LogP contribution in [0.4, 0.5) is 0 Å². The van der Waals surface area contributed by atoms with E-state index in [2.05, 4.69) is 23.8 Å². The van der Waals surface area contributed by atoms with Crippen LogP contribution in [0.1, 0.15) is 30.9 Å². The van der Waals surface area contributed by atoms with Gasteiger partial charge in [-0.2, -0.15) is 0 Å². The number of benzene rings is 1. The van der Waals surface area contributed by atoms with Crippen LogP contribution >= 0.6 is 0 Å². The number of aromatic amines is 1. The number of likely N-dealkylation sites (tertiary alicyclic amines) is 1. The second-order valence-electron chi connectivity index (χ2n) is 5.11. The van der Waals surface area contributed by atoms with Crippen molar-refractivity contribution in [3.63, 3.8) is 0 Å². The molecule has 1 aliphatic heterocycles. The van der Waals surface area contributed by atoms with Crippen molar-refractivity contribution in [3.8, 4) is 0 Å². The van der Waals surface area contributed by atoms with Crippen molar-refractivity contribution in [1.29, 1.82) is 0 Å². The highest BCUT2D eigenvalue weighted by Crippen LogP contribution is 2.25. The Bertz CT molecular complexity index is 556. The van der Waals surface area contributed by atoms with Crippen molar-refractivity contribution in [2.24, 2.45) is 5.92 Å². The van der Waals surface area contributed by atoms with Crippen LogP contribution in [0.5, 0.6) is 0 Å². The van der Waals surface area contributed by atoms with Gasteiger partial charge in [0.05, 0.1) is 11.0 Å². The number of nitrogens with one attached hydrogen (secondary N) is 1. The molecule has 1 amide bonds. The molecule has 4 nitrogen and oxygen atoms in total. The fraction of sp³-hybridized carbons (Fsp3) is 0.429. The third-order valence-electron chi connectivity index (χ3n) is 3.99. The minimum Gasteiger partial charge on any atom is -0.334 e. The molecule has 94 valence electrons. The molecule has 3 rings (SSSR count). The Balaban J connectivity index is 1.92. The summed E-state index contributed by atoms with van der Waals surface area (Å²) in [7, 11) is 0. The average molecular weight is 243 g/mol. The van der Waals surface area contributed by atoms with E-state index < -0.39 is 0 Å². The molecule has 18 heavy (non-hydrogen) atoms. The molecule has 1 aliphatic rings. The summed E-state index contributed by atoms with van der Waals surface area (Å²) in [6.07, 6.45) is 1.08. The fourth-order valence-corrected chi connectivity index (χ4v) is 2.57. The lowest BCUT2D eigenvalue weighted by Gasteiger charge is -2.22. The number of hydrogen-bond donors (Lipinski definition) is 1. The number of carbonyl (C=O) groups is 1. The molecule has 2 atom stereocenters. The summed E-state index contributed by atoms with van der Waals surface area (Å²) in [5.74, 6) is 1.04. The summed E-state index contributed by atoms with van der Waals surface area (Å²) in [5, 5.41) is 0. The SMILES string of the molecule is CC1CCN(C(=O)c2nc3ccccc3[nH]2)C1C. The maximum absolute atomic E-state index is 12.4. The summed E-state index contributed by atoms with van der Waals surface area (Å²) in [5.41, 5.74) is 1.77. The molecule has 1 saturated heterocycles. The number of nitrogens with zero attached hydrogens (tertiary/aromatic N) is 2. The standard InChI is InChI=1S/C14H17N3O/c1-9-7-8-17(10(9)2)14(18)13-15-11-5-3-4-6-12(11)16-13/h3-6,9-10H,7-8H2,1-2H3,(H,15,16). The molecule has 2 aromatic rings. The zero-order chi connectivity index (χ0) is 12.7. The van der Waals surface area contributed by atoms with Gasteiger partial charge in [-0.15, -0.1) is 0 Å². The Morgan fingerprint density at radius 2 is 2.17 bits per heavy atom. The van der Waals surface area contributed by atoms with E-state index >= 15 is 0 Å². The Morgan fingerprint density at radius 3 is 2.83 bits per heavy atom. The number of H-pyrrole nitrogens is 1. The molecule has 2 unspecified atom stereocenters. The summed E-state index contributed by atoms with van der Waals surface area (Å²) >= 11 is 0. The zero-order valence-corrected chi connectivity index (χ0v) is 10.7. The number of para-hydroxylation sites is 2. The molecule has 0 aliphatic carbocycles. The van der Waals surface area contributed by atoms with Gasteiger partial charge >= 0.3 is 0 Å². The van der Waals surface area contributed by atoms with Crippen molar-refractivity contribution in [1.82, 2.24) is 14.9 Å². The van der Waals surface area contributed by atoms with Gasteiger partial charge < -0.3 is 9.88 Å². The summed E-state index contributed by atoms with van der Waals surface area (Å²) < 4.78 is 0. The van der Waals surface area contributed by atoms with E-state index in [1.54, 1.807) is 0 Å². The van der Waals surface area contributed by atoms with Gasteiger partial charge in [0.25, 0.3) is 5.91 Å². The summed E-state index contributed by atoms with van der Waals surface area (Å²) in [4.78, 5) is 21.8. The van der Waals surface area contributed by atoms with E-state index in [0.717, 1.165) is 24.0 Å². The Morgan fingerprint density at radius 1 is 1.39 bits per heavy atom. The highest BCUT2D eigenvalue weighted by atomic mass is 16.2. The summed E-state index contributed by atoms with van der Waals surface area (Å²) in [6, 6.07) is 8.02. The van der Waals surface area contributed by atoms with Crippen molar-refractivity contribution >= 4 is 16.9 Å². The van der Waals surface area contributed by atoms with Crippen molar-refractivity contribution < 1.29 is 4.79 Å². The molecule has 0 spiro atoms. The second-order valence-corrected chi connectivity index (χ2v) is 5.11. The zero-order valence-electron chi connectivity index (χ0n) is 10.7. The van der Waals surface area contributed by atoms with Crippen LogP contribution in [0.15, 0.2) is 24.3 Å². The van der Waals surface area contributed by atoms with Crippen molar-refractivity contribution in [2.45, 2.75) is 26.3 Å². The van der Waals surface area contributed by atoms with Gasteiger partial charge in [-0.05, 0) is 31.4 Å². The number of fused-ring (bicyclic) bond motifs is 1. The minimum atomic E-state index is 0.0167. The maximum atomic E-state index is 12.4. The number of imidazole rings is 1. The molecule has 1 fully saturated rings. The van der Waals surface area contributed by atoms with E-state index in [0.29, 0.717) is 17.8 Å². The van der Waals surface area contributed by atoms with Gasteiger partial charge in [0.1, 0.15) is 0 Å². The number of amides is 1. The molecular formula is C14H17N3O. The molecular weight excluding hydrogens is 226 g/mol. The first kappa shape index (κ1) is 11.3. The lowest BCUT2D eigenvalue weighted by molar-refractivity contribution is 0.0724. The molecule has 0 bridgehead atoms. The Labute approximate surface area is 106 Å². The van der Waals surface area contributed by atoms with E-state index in [1.165, 1.54) is 0 Å². The van der Waals surface area contributed by atoms with Crippen LogP contribution < -0.4 is 0 Å². The van der Waals surface area contributed by atoms with Crippen LogP contribution in [0.2, 0.25) is 0 Å². The highest BCUT2D eigenvalue weighted by molar-refractivity contribution is 5.94. The van der Waals surface area contributed by atoms with Gasteiger partial charge in [0.15, 0.2) is 5.82 Å². The first-order chi connectivity index (χ1) is 8.66. The van der Waals surface area contributed by atoms with E-state index in [9.17, 15) is 4.79 Å². The van der Waals surface area contributed by atoms with Crippen LogP contribution in [0.3, 0.4) is 0 Å². The molecule has 0 saturated carbocycles. The Kier molecular flexibility index (Phi) is 2.58.